The lowest BCUT2D eigenvalue weighted by atomic mass is 10.2. The van der Waals surface area contributed by atoms with Gasteiger partial charge in [-0.15, -0.1) is 0 Å². The van der Waals surface area contributed by atoms with Crippen molar-refractivity contribution < 1.29 is 28.5 Å². The van der Waals surface area contributed by atoms with Crippen LogP contribution < -0.4 is 0 Å². The summed E-state index contributed by atoms with van der Waals surface area (Å²) in [4.78, 5) is 12.5. The normalized spacial score (nSPS) is 13.7. The van der Waals surface area contributed by atoms with Crippen molar-refractivity contribution in [2.75, 3.05) is 26.4 Å². The molecule has 0 aliphatic rings. The van der Waals surface area contributed by atoms with Gasteiger partial charge in [-0.1, -0.05) is 58.9 Å². The second-order valence-corrected chi connectivity index (χ2v) is 16.2. The maximum Gasteiger partial charge on any atom is 0.305 e. The Morgan fingerprint density at radius 3 is 1.84 bits per heavy atom. The first kappa shape index (κ1) is 37.0. The molecule has 0 amide bonds. The first-order valence-electron chi connectivity index (χ1n) is 15.0. The molecule has 1 N–H and O–H groups in total. The first-order chi connectivity index (χ1) is 18.1. The van der Waals surface area contributed by atoms with Gasteiger partial charge >= 0.3 is 5.97 Å². The topological polar surface area (TPSA) is 74.2 Å². The van der Waals surface area contributed by atoms with E-state index in [0.717, 1.165) is 51.4 Å². The summed E-state index contributed by atoms with van der Waals surface area (Å²) in [5.41, 5.74) is 0. The maximum absolute atomic E-state index is 12.5. The zero-order chi connectivity index (χ0) is 28.7. The van der Waals surface area contributed by atoms with E-state index in [1.165, 1.54) is 0 Å². The van der Waals surface area contributed by atoms with Crippen LogP contribution in [0, 0.1) is 0 Å². The van der Waals surface area contributed by atoms with Crippen molar-refractivity contribution in [2.24, 2.45) is 0 Å². The van der Waals surface area contributed by atoms with Crippen molar-refractivity contribution in [3.05, 3.63) is 24.3 Å². The van der Waals surface area contributed by atoms with E-state index < -0.39 is 8.32 Å². The average molecular weight is 557 g/mol. The van der Waals surface area contributed by atoms with E-state index >= 15 is 0 Å². The van der Waals surface area contributed by atoms with Gasteiger partial charge in [-0.25, -0.2) is 0 Å². The van der Waals surface area contributed by atoms with Crippen LogP contribution in [0.25, 0.3) is 0 Å². The molecule has 6 nitrogen and oxygen atoms in total. The summed E-state index contributed by atoms with van der Waals surface area (Å²) in [6.07, 6.45) is 18.6. The van der Waals surface area contributed by atoms with E-state index in [-0.39, 0.29) is 36.4 Å². The fourth-order valence-electron chi connectivity index (χ4n) is 3.55. The molecule has 0 aliphatic carbocycles. The second kappa shape index (κ2) is 22.8. The van der Waals surface area contributed by atoms with E-state index in [4.69, 9.17) is 18.6 Å². The van der Waals surface area contributed by atoms with Crippen molar-refractivity contribution in [3.8, 4) is 0 Å². The number of hydrogen-bond donors (Lipinski definition) is 1. The van der Waals surface area contributed by atoms with Gasteiger partial charge in [0.2, 0.25) is 0 Å². The Bertz CT molecular complexity index is 602. The van der Waals surface area contributed by atoms with E-state index in [1.807, 2.05) is 0 Å². The Hall–Kier alpha value is -0.993. The highest BCUT2D eigenvalue weighted by molar-refractivity contribution is 6.74. The van der Waals surface area contributed by atoms with Crippen LogP contribution in [-0.4, -0.2) is 58.2 Å². The van der Waals surface area contributed by atoms with Crippen molar-refractivity contribution in [1.29, 1.82) is 0 Å². The van der Waals surface area contributed by atoms with Crippen molar-refractivity contribution in [1.82, 2.24) is 0 Å². The number of carbonyl (C=O) groups is 1. The van der Waals surface area contributed by atoms with Crippen molar-refractivity contribution in [2.45, 2.75) is 142 Å². The van der Waals surface area contributed by atoms with Crippen molar-refractivity contribution >= 4 is 14.3 Å². The van der Waals surface area contributed by atoms with E-state index in [9.17, 15) is 9.90 Å². The van der Waals surface area contributed by atoms with Crippen LogP contribution in [0.2, 0.25) is 18.1 Å². The van der Waals surface area contributed by atoms with Gasteiger partial charge in [0.1, 0.15) is 0 Å². The predicted octanol–water partition coefficient (Wildman–Crippen LogP) is 8.11. The Kier molecular flexibility index (Phi) is 22.2. The molecule has 1 unspecified atom stereocenters. The molecule has 0 aromatic rings. The highest BCUT2D eigenvalue weighted by Crippen LogP contribution is 2.38. The molecule has 38 heavy (non-hydrogen) atoms. The molecule has 0 aliphatic heterocycles. The standard InChI is InChI=1S/C31H60O6Si/c1-8-10-12-14-16-18-25-35-30(36-26-19-17-15-13-11-9-2)21-20-29(33)34-27-23-28(22-24-32)37-38(6,7)31(3,4)5/h10-13,28,30,32H,8-9,14-27H2,1-7H3/b12-10-,13-11-. The summed E-state index contributed by atoms with van der Waals surface area (Å²) < 4.78 is 23.9. The number of carbonyl (C=O) groups excluding carboxylic acids is 1. The molecule has 1 atom stereocenters. The number of hydrogen-bond acceptors (Lipinski definition) is 6. The summed E-state index contributed by atoms with van der Waals surface area (Å²) >= 11 is 0. The first-order valence-corrected chi connectivity index (χ1v) is 18.0. The zero-order valence-electron chi connectivity index (χ0n) is 25.8. The van der Waals surface area contributed by atoms with Gasteiger partial charge in [0.25, 0.3) is 0 Å². The van der Waals surface area contributed by atoms with Crippen molar-refractivity contribution in [3.63, 3.8) is 0 Å². The Morgan fingerprint density at radius 2 is 1.37 bits per heavy atom. The van der Waals surface area contributed by atoms with Crippen LogP contribution in [-0.2, 0) is 23.4 Å². The average Bonchev–Trinajstić information content (AvgIpc) is 2.84. The third-order valence-electron chi connectivity index (χ3n) is 6.95. The second-order valence-electron chi connectivity index (χ2n) is 11.5. The largest absolute Gasteiger partial charge is 0.466 e. The molecule has 0 aromatic heterocycles. The van der Waals surface area contributed by atoms with Gasteiger partial charge < -0.3 is 23.7 Å². The monoisotopic (exact) mass is 556 g/mol. The van der Waals surface area contributed by atoms with Crippen LogP contribution in [0.4, 0.5) is 0 Å². The van der Waals surface area contributed by atoms with Crippen LogP contribution in [0.1, 0.15) is 112 Å². The van der Waals surface area contributed by atoms with E-state index in [1.54, 1.807) is 0 Å². The van der Waals surface area contributed by atoms with Crippen LogP contribution in [0.5, 0.6) is 0 Å². The fourth-order valence-corrected chi connectivity index (χ4v) is 4.98. The summed E-state index contributed by atoms with van der Waals surface area (Å²) in [6.45, 7) is 16.9. The van der Waals surface area contributed by atoms with Gasteiger partial charge in [-0.2, -0.15) is 0 Å². The number of esters is 1. The molecule has 0 fully saturated rings. The molecule has 224 valence electrons. The molecule has 0 saturated carbocycles. The van der Waals surface area contributed by atoms with Crippen LogP contribution >= 0.6 is 0 Å². The number of unbranched alkanes of at least 4 members (excludes halogenated alkanes) is 4. The van der Waals surface area contributed by atoms with Gasteiger partial charge in [0.15, 0.2) is 14.6 Å². The minimum absolute atomic E-state index is 0.0629. The molecule has 0 spiro atoms. The molecule has 0 radical (unpaired) electrons. The predicted molar refractivity (Wildman–Crippen MR) is 161 cm³/mol. The number of allylic oxidation sites excluding steroid dienone is 4. The summed E-state index contributed by atoms with van der Waals surface area (Å²) in [6, 6.07) is 0. The van der Waals surface area contributed by atoms with E-state index in [0.29, 0.717) is 39.1 Å². The molecule has 7 heteroatoms. The lowest BCUT2D eigenvalue weighted by Crippen LogP contribution is -2.44. The molecular weight excluding hydrogens is 496 g/mol. The SMILES string of the molecule is CC/C=C\CCCCOC(CCC(=O)OCCC(CCO)O[Si](C)(C)C(C)(C)C)OCCCC/C=C\CC. The van der Waals surface area contributed by atoms with Crippen LogP contribution in [0.3, 0.4) is 0 Å². The Balaban J connectivity index is 4.54. The molecule has 0 heterocycles. The summed E-state index contributed by atoms with van der Waals surface area (Å²) in [7, 11) is -1.96. The molecule has 0 aromatic carbocycles. The maximum atomic E-state index is 12.5. The third-order valence-corrected chi connectivity index (χ3v) is 11.5. The number of rotatable bonds is 24. The number of aliphatic hydroxyl groups excluding tert-OH is 1. The molecule has 0 bridgehead atoms. The summed E-state index contributed by atoms with van der Waals surface area (Å²) in [5, 5.41) is 9.56. The minimum Gasteiger partial charge on any atom is -0.466 e. The lowest BCUT2D eigenvalue weighted by Gasteiger charge is -2.39. The van der Waals surface area contributed by atoms with Gasteiger partial charge in [0, 0.05) is 32.7 Å². The molecular formula is C31H60O6Si. The number of ether oxygens (including phenoxy) is 3. The third kappa shape index (κ3) is 20.0. The van der Waals surface area contributed by atoms with Crippen LogP contribution in [0.15, 0.2) is 24.3 Å². The minimum atomic E-state index is -1.96. The lowest BCUT2D eigenvalue weighted by molar-refractivity contribution is -0.159. The number of aliphatic hydroxyl groups is 1. The van der Waals surface area contributed by atoms with Gasteiger partial charge in [-0.05, 0) is 75.9 Å². The zero-order valence-corrected chi connectivity index (χ0v) is 26.8. The Morgan fingerprint density at radius 1 is 0.816 bits per heavy atom. The Labute approximate surface area is 235 Å². The van der Waals surface area contributed by atoms with E-state index in [2.05, 4.69) is 72.0 Å². The smallest absolute Gasteiger partial charge is 0.305 e. The quantitative estimate of drug-likeness (QED) is 0.0425. The van der Waals surface area contributed by atoms with Gasteiger partial charge in [0.05, 0.1) is 19.1 Å². The van der Waals surface area contributed by atoms with Gasteiger partial charge in [-0.3, -0.25) is 4.79 Å². The summed E-state index contributed by atoms with van der Waals surface area (Å²) in [5.74, 6) is -0.244. The highest BCUT2D eigenvalue weighted by atomic mass is 28.4. The molecule has 0 rings (SSSR count). The molecule has 0 saturated heterocycles. The fraction of sp³-hybridized carbons (Fsp3) is 0.839. The highest BCUT2D eigenvalue weighted by Gasteiger charge is 2.39.